The van der Waals surface area contributed by atoms with Crippen LogP contribution in [-0.4, -0.2) is 0 Å². The number of halogens is 5. The molecule has 19 heavy (non-hydrogen) atoms. The first-order valence-corrected chi connectivity index (χ1v) is 5.84. The van der Waals surface area contributed by atoms with Gasteiger partial charge in [-0.2, -0.15) is 0 Å². The van der Waals surface area contributed by atoms with Crippen LogP contribution in [0.4, 0.5) is 34.6 Å². The number of nitrogens with two attached hydrogens (primary N) is 1. The van der Waals surface area contributed by atoms with Crippen LogP contribution in [-0.2, 0) is 0 Å². The Morgan fingerprint density at radius 2 is 1.47 bits per heavy atom. The third-order valence-electron chi connectivity index (χ3n) is 2.36. The molecular weight excluding hydrogens is 328 g/mol. The lowest BCUT2D eigenvalue weighted by Crippen LogP contribution is -2.02. The highest BCUT2D eigenvalue weighted by atomic mass is 79.9. The molecule has 0 bridgehead atoms. The molecule has 0 fully saturated rings. The first-order chi connectivity index (χ1) is 8.88. The van der Waals surface area contributed by atoms with Gasteiger partial charge >= 0.3 is 0 Å². The summed E-state index contributed by atoms with van der Waals surface area (Å²) in [6, 6.07) is 3.24. The molecule has 0 aromatic heterocycles. The Hall–Kier alpha value is -1.76. The zero-order chi connectivity index (χ0) is 14.2. The molecule has 0 amide bonds. The molecule has 0 saturated heterocycles. The standard InChI is InChI=1S/C12H7BrF4N2/c13-6-3-10(18)11(4-7(6)15)19-12-8(16)1-5(14)2-9(12)17/h1-4,19H,18H2. The van der Waals surface area contributed by atoms with E-state index in [1.54, 1.807) is 0 Å². The van der Waals surface area contributed by atoms with Gasteiger partial charge in [-0.15, -0.1) is 0 Å². The second kappa shape index (κ2) is 5.08. The Labute approximate surface area is 114 Å². The van der Waals surface area contributed by atoms with Crippen LogP contribution in [0.2, 0.25) is 0 Å². The first kappa shape index (κ1) is 13.7. The molecule has 0 aliphatic carbocycles. The minimum Gasteiger partial charge on any atom is -0.397 e. The molecule has 0 unspecified atom stereocenters. The minimum absolute atomic E-state index is 0.0230. The molecule has 0 aliphatic rings. The van der Waals surface area contributed by atoms with Crippen molar-refractivity contribution in [2.75, 3.05) is 11.1 Å². The van der Waals surface area contributed by atoms with Crippen molar-refractivity contribution in [2.24, 2.45) is 0 Å². The quantitative estimate of drug-likeness (QED) is 0.633. The lowest BCUT2D eigenvalue weighted by molar-refractivity contribution is 0.549. The smallest absolute Gasteiger partial charge is 0.152 e. The number of hydrogen-bond donors (Lipinski definition) is 2. The maximum Gasteiger partial charge on any atom is 0.152 e. The van der Waals surface area contributed by atoms with E-state index >= 15 is 0 Å². The van der Waals surface area contributed by atoms with Crippen molar-refractivity contribution in [3.8, 4) is 0 Å². The van der Waals surface area contributed by atoms with E-state index < -0.39 is 29.0 Å². The molecule has 0 saturated carbocycles. The van der Waals surface area contributed by atoms with E-state index in [2.05, 4.69) is 21.2 Å². The zero-order valence-electron chi connectivity index (χ0n) is 9.28. The van der Waals surface area contributed by atoms with E-state index in [1.807, 2.05) is 0 Å². The lowest BCUT2D eigenvalue weighted by Gasteiger charge is -2.12. The Bertz CT molecular complexity index is 623. The molecule has 2 aromatic carbocycles. The van der Waals surface area contributed by atoms with Gasteiger partial charge < -0.3 is 11.1 Å². The summed E-state index contributed by atoms with van der Waals surface area (Å²) >= 11 is 2.92. The van der Waals surface area contributed by atoms with Crippen LogP contribution in [0.5, 0.6) is 0 Å². The van der Waals surface area contributed by atoms with Gasteiger partial charge in [-0.1, -0.05) is 0 Å². The second-order valence-corrected chi connectivity index (χ2v) is 4.58. The van der Waals surface area contributed by atoms with Gasteiger partial charge in [-0.3, -0.25) is 0 Å². The predicted octanol–water partition coefficient (Wildman–Crippen LogP) is 4.33. The van der Waals surface area contributed by atoms with Gasteiger partial charge in [0.1, 0.15) is 17.3 Å². The van der Waals surface area contributed by atoms with Crippen LogP contribution in [0, 0.1) is 23.3 Å². The van der Waals surface area contributed by atoms with Crippen molar-refractivity contribution >= 4 is 33.0 Å². The summed E-state index contributed by atoms with van der Waals surface area (Å²) < 4.78 is 53.0. The summed E-state index contributed by atoms with van der Waals surface area (Å²) in [4.78, 5) is 0. The minimum atomic E-state index is -1.14. The Kier molecular flexibility index (Phi) is 3.66. The highest BCUT2D eigenvalue weighted by Gasteiger charge is 2.14. The van der Waals surface area contributed by atoms with Crippen LogP contribution >= 0.6 is 15.9 Å². The van der Waals surface area contributed by atoms with Crippen molar-refractivity contribution in [3.05, 3.63) is 52.0 Å². The van der Waals surface area contributed by atoms with Crippen LogP contribution in [0.3, 0.4) is 0 Å². The number of nitrogen functional groups attached to an aromatic ring is 1. The fraction of sp³-hybridized carbons (Fsp3) is 0. The molecule has 0 heterocycles. The van der Waals surface area contributed by atoms with Crippen molar-refractivity contribution < 1.29 is 17.6 Å². The number of benzene rings is 2. The summed E-state index contributed by atoms with van der Waals surface area (Å²) in [6.07, 6.45) is 0. The van der Waals surface area contributed by atoms with E-state index in [0.717, 1.165) is 6.07 Å². The van der Waals surface area contributed by atoms with Crippen molar-refractivity contribution in [2.45, 2.75) is 0 Å². The molecule has 2 aromatic rings. The van der Waals surface area contributed by atoms with Crippen molar-refractivity contribution in [3.63, 3.8) is 0 Å². The third-order valence-corrected chi connectivity index (χ3v) is 2.97. The van der Waals surface area contributed by atoms with Gasteiger partial charge in [0.15, 0.2) is 11.6 Å². The number of hydrogen-bond acceptors (Lipinski definition) is 2. The SMILES string of the molecule is Nc1cc(Br)c(F)cc1Nc1c(F)cc(F)cc1F. The number of anilines is 3. The average molecular weight is 335 g/mol. The van der Waals surface area contributed by atoms with E-state index in [4.69, 9.17) is 5.73 Å². The Morgan fingerprint density at radius 1 is 0.895 bits per heavy atom. The average Bonchev–Trinajstić information content (AvgIpc) is 2.29. The zero-order valence-corrected chi connectivity index (χ0v) is 10.9. The molecule has 0 radical (unpaired) electrons. The maximum absolute atomic E-state index is 13.4. The van der Waals surface area contributed by atoms with Gasteiger partial charge in [0, 0.05) is 18.2 Å². The molecule has 3 N–H and O–H groups in total. The Morgan fingerprint density at radius 3 is 2.05 bits per heavy atom. The Balaban J connectivity index is 2.45. The van der Waals surface area contributed by atoms with Gasteiger partial charge in [0.2, 0.25) is 0 Å². The molecule has 0 aliphatic heterocycles. The van der Waals surface area contributed by atoms with Crippen molar-refractivity contribution in [1.29, 1.82) is 0 Å². The van der Waals surface area contributed by atoms with E-state index in [9.17, 15) is 17.6 Å². The molecule has 0 atom stereocenters. The van der Waals surface area contributed by atoms with Crippen LogP contribution in [0.1, 0.15) is 0 Å². The summed E-state index contributed by atoms with van der Waals surface area (Å²) in [6.45, 7) is 0. The van der Waals surface area contributed by atoms with Gasteiger partial charge in [0.05, 0.1) is 15.8 Å². The largest absolute Gasteiger partial charge is 0.397 e. The third kappa shape index (κ3) is 2.81. The topological polar surface area (TPSA) is 38.0 Å². The maximum atomic E-state index is 13.4. The van der Waals surface area contributed by atoms with Gasteiger partial charge in [-0.25, -0.2) is 17.6 Å². The number of nitrogens with one attached hydrogen (secondary N) is 1. The molecule has 100 valence electrons. The molecular formula is C12H7BrF4N2. The monoisotopic (exact) mass is 334 g/mol. The summed E-state index contributed by atoms with van der Waals surface area (Å²) in [5, 5.41) is 2.30. The van der Waals surface area contributed by atoms with Crippen molar-refractivity contribution in [1.82, 2.24) is 0 Å². The van der Waals surface area contributed by atoms with E-state index in [-0.39, 0.29) is 15.8 Å². The number of rotatable bonds is 2. The highest BCUT2D eigenvalue weighted by molar-refractivity contribution is 9.10. The first-order valence-electron chi connectivity index (χ1n) is 5.04. The fourth-order valence-electron chi connectivity index (χ4n) is 1.47. The normalized spacial score (nSPS) is 10.6. The molecule has 7 heteroatoms. The summed E-state index contributed by atoms with van der Waals surface area (Å²) in [7, 11) is 0. The van der Waals surface area contributed by atoms with E-state index in [1.165, 1.54) is 6.07 Å². The second-order valence-electron chi connectivity index (χ2n) is 3.72. The summed E-state index contributed by atoms with van der Waals surface area (Å²) in [5.41, 5.74) is 5.04. The lowest BCUT2D eigenvalue weighted by atomic mass is 10.2. The molecule has 0 spiro atoms. The van der Waals surface area contributed by atoms with Gasteiger partial charge in [0.25, 0.3) is 0 Å². The van der Waals surface area contributed by atoms with E-state index in [0.29, 0.717) is 12.1 Å². The van der Waals surface area contributed by atoms with Gasteiger partial charge in [-0.05, 0) is 22.0 Å². The fourth-order valence-corrected chi connectivity index (χ4v) is 1.83. The molecule has 2 rings (SSSR count). The predicted molar refractivity (Wildman–Crippen MR) is 68.1 cm³/mol. The van der Waals surface area contributed by atoms with Crippen LogP contribution in [0.15, 0.2) is 28.7 Å². The van der Waals surface area contributed by atoms with Crippen LogP contribution in [0.25, 0.3) is 0 Å². The highest BCUT2D eigenvalue weighted by Crippen LogP contribution is 2.31. The van der Waals surface area contributed by atoms with Crippen LogP contribution < -0.4 is 11.1 Å². The summed E-state index contributed by atoms with van der Waals surface area (Å²) in [5.74, 6) is -3.98. The molecule has 2 nitrogen and oxygen atoms in total.